The molecule has 0 aromatic heterocycles. The van der Waals surface area contributed by atoms with E-state index >= 15 is 0 Å². The van der Waals surface area contributed by atoms with Crippen LogP contribution in [0.3, 0.4) is 0 Å². The van der Waals surface area contributed by atoms with Crippen LogP contribution in [0.4, 0.5) is 0 Å². The standard InChI is InChI=1S/C16H27NO/c1-5-7-15(17)9-6-8-14-10-11-16(18-4)13(3)12(14)2/h10-11,15H,5-9,17H2,1-4H3. The molecule has 2 heteroatoms. The molecule has 0 amide bonds. The van der Waals surface area contributed by atoms with Crippen molar-refractivity contribution < 1.29 is 4.74 Å². The molecule has 2 nitrogen and oxygen atoms in total. The summed E-state index contributed by atoms with van der Waals surface area (Å²) in [6.07, 6.45) is 5.74. The number of hydrogen-bond donors (Lipinski definition) is 1. The number of rotatable bonds is 7. The van der Waals surface area contributed by atoms with Crippen LogP contribution < -0.4 is 10.5 Å². The highest BCUT2D eigenvalue weighted by Gasteiger charge is 2.07. The molecule has 0 radical (unpaired) electrons. The van der Waals surface area contributed by atoms with Crippen LogP contribution in [0.5, 0.6) is 5.75 Å². The Morgan fingerprint density at radius 2 is 1.89 bits per heavy atom. The molecule has 1 atom stereocenters. The fourth-order valence-corrected chi connectivity index (χ4v) is 2.41. The lowest BCUT2D eigenvalue weighted by atomic mass is 9.96. The lowest BCUT2D eigenvalue weighted by Gasteiger charge is -2.14. The van der Waals surface area contributed by atoms with Gasteiger partial charge in [-0.15, -0.1) is 0 Å². The predicted octanol–water partition coefficient (Wildman–Crippen LogP) is 3.76. The first kappa shape index (κ1) is 15.0. The van der Waals surface area contributed by atoms with Crippen molar-refractivity contribution in [3.8, 4) is 5.75 Å². The summed E-state index contributed by atoms with van der Waals surface area (Å²) in [6, 6.07) is 4.63. The summed E-state index contributed by atoms with van der Waals surface area (Å²) in [5, 5.41) is 0. The molecule has 0 bridgehead atoms. The van der Waals surface area contributed by atoms with E-state index in [2.05, 4.69) is 32.9 Å². The Labute approximate surface area is 112 Å². The molecule has 0 aliphatic carbocycles. The quantitative estimate of drug-likeness (QED) is 0.798. The van der Waals surface area contributed by atoms with E-state index in [9.17, 15) is 0 Å². The van der Waals surface area contributed by atoms with Crippen LogP contribution in [-0.4, -0.2) is 13.2 Å². The molecule has 1 rings (SSSR count). The number of aryl methyl sites for hydroxylation is 1. The summed E-state index contributed by atoms with van der Waals surface area (Å²) < 4.78 is 5.34. The number of hydrogen-bond acceptors (Lipinski definition) is 2. The third kappa shape index (κ3) is 4.02. The Balaban J connectivity index is 2.55. The minimum atomic E-state index is 0.370. The van der Waals surface area contributed by atoms with Gasteiger partial charge in [-0.3, -0.25) is 0 Å². The molecule has 0 aliphatic rings. The minimum Gasteiger partial charge on any atom is -0.496 e. The Morgan fingerprint density at radius 3 is 2.50 bits per heavy atom. The van der Waals surface area contributed by atoms with Crippen molar-refractivity contribution in [1.29, 1.82) is 0 Å². The third-order valence-electron chi connectivity index (χ3n) is 3.75. The molecule has 2 N–H and O–H groups in total. The van der Waals surface area contributed by atoms with Gasteiger partial charge in [0.25, 0.3) is 0 Å². The minimum absolute atomic E-state index is 0.370. The van der Waals surface area contributed by atoms with E-state index in [1.54, 1.807) is 7.11 Å². The summed E-state index contributed by atoms with van der Waals surface area (Å²) in [5.41, 5.74) is 10.1. The highest BCUT2D eigenvalue weighted by molar-refractivity contribution is 5.43. The van der Waals surface area contributed by atoms with Crippen molar-refractivity contribution >= 4 is 0 Å². The van der Waals surface area contributed by atoms with E-state index in [0.29, 0.717) is 6.04 Å². The lowest BCUT2D eigenvalue weighted by molar-refractivity contribution is 0.411. The van der Waals surface area contributed by atoms with Crippen LogP contribution in [0.25, 0.3) is 0 Å². The fraction of sp³-hybridized carbons (Fsp3) is 0.625. The van der Waals surface area contributed by atoms with E-state index in [0.717, 1.165) is 25.0 Å². The second-order valence-electron chi connectivity index (χ2n) is 5.12. The number of ether oxygens (including phenoxy) is 1. The zero-order chi connectivity index (χ0) is 13.5. The van der Waals surface area contributed by atoms with Crippen LogP contribution in [-0.2, 0) is 6.42 Å². The Hall–Kier alpha value is -1.02. The van der Waals surface area contributed by atoms with Crippen molar-refractivity contribution in [2.24, 2.45) is 5.73 Å². The molecule has 0 saturated heterocycles. The summed E-state index contributed by atoms with van der Waals surface area (Å²) in [5.74, 6) is 0.985. The maximum atomic E-state index is 6.04. The smallest absolute Gasteiger partial charge is 0.122 e. The number of benzene rings is 1. The SMILES string of the molecule is CCCC(N)CCCc1ccc(OC)c(C)c1C. The largest absolute Gasteiger partial charge is 0.496 e. The topological polar surface area (TPSA) is 35.2 Å². The van der Waals surface area contributed by atoms with Crippen LogP contribution in [0.1, 0.15) is 49.3 Å². The van der Waals surface area contributed by atoms with Gasteiger partial charge in [0, 0.05) is 6.04 Å². The molecule has 0 aliphatic heterocycles. The van der Waals surface area contributed by atoms with Gasteiger partial charge in [-0.2, -0.15) is 0 Å². The van der Waals surface area contributed by atoms with Gasteiger partial charge in [-0.1, -0.05) is 19.4 Å². The van der Waals surface area contributed by atoms with Gasteiger partial charge in [-0.25, -0.2) is 0 Å². The summed E-state index contributed by atoms with van der Waals surface area (Å²) in [7, 11) is 1.73. The molecule has 0 saturated carbocycles. The van der Waals surface area contributed by atoms with E-state index in [4.69, 9.17) is 10.5 Å². The first-order valence-electron chi connectivity index (χ1n) is 6.98. The van der Waals surface area contributed by atoms with Gasteiger partial charge in [0.2, 0.25) is 0 Å². The maximum absolute atomic E-state index is 6.04. The van der Waals surface area contributed by atoms with Gasteiger partial charge in [0.1, 0.15) is 5.75 Å². The van der Waals surface area contributed by atoms with Gasteiger partial charge in [0.15, 0.2) is 0 Å². The predicted molar refractivity (Wildman–Crippen MR) is 78.3 cm³/mol. The maximum Gasteiger partial charge on any atom is 0.122 e. The van der Waals surface area contributed by atoms with Crippen molar-refractivity contribution in [2.45, 2.75) is 58.9 Å². The van der Waals surface area contributed by atoms with Crippen molar-refractivity contribution in [1.82, 2.24) is 0 Å². The molecule has 102 valence electrons. The average molecular weight is 249 g/mol. The first-order valence-corrected chi connectivity index (χ1v) is 6.98. The van der Waals surface area contributed by atoms with E-state index < -0.39 is 0 Å². The van der Waals surface area contributed by atoms with Gasteiger partial charge >= 0.3 is 0 Å². The second-order valence-corrected chi connectivity index (χ2v) is 5.12. The molecule has 18 heavy (non-hydrogen) atoms. The highest BCUT2D eigenvalue weighted by Crippen LogP contribution is 2.25. The van der Waals surface area contributed by atoms with Crippen molar-refractivity contribution in [3.05, 3.63) is 28.8 Å². The van der Waals surface area contributed by atoms with E-state index in [1.807, 2.05) is 0 Å². The monoisotopic (exact) mass is 249 g/mol. The number of nitrogens with two attached hydrogens (primary N) is 1. The zero-order valence-corrected chi connectivity index (χ0v) is 12.3. The highest BCUT2D eigenvalue weighted by atomic mass is 16.5. The summed E-state index contributed by atoms with van der Waals surface area (Å²) >= 11 is 0. The third-order valence-corrected chi connectivity index (χ3v) is 3.75. The summed E-state index contributed by atoms with van der Waals surface area (Å²) in [4.78, 5) is 0. The molecule has 1 aromatic rings. The van der Waals surface area contributed by atoms with Crippen LogP contribution in [0.15, 0.2) is 12.1 Å². The lowest BCUT2D eigenvalue weighted by Crippen LogP contribution is -2.19. The molecular formula is C16H27NO. The van der Waals surface area contributed by atoms with Crippen LogP contribution in [0, 0.1) is 13.8 Å². The second kappa shape index (κ2) is 7.42. The molecule has 1 unspecified atom stereocenters. The molecule has 0 spiro atoms. The van der Waals surface area contributed by atoms with Gasteiger partial charge < -0.3 is 10.5 Å². The van der Waals surface area contributed by atoms with Crippen LogP contribution in [0.2, 0.25) is 0 Å². The van der Waals surface area contributed by atoms with Gasteiger partial charge in [-0.05, 0) is 62.3 Å². The van der Waals surface area contributed by atoms with E-state index in [-0.39, 0.29) is 0 Å². The molecule has 0 heterocycles. The Morgan fingerprint density at radius 1 is 1.17 bits per heavy atom. The Bertz CT molecular complexity index is 374. The molecular weight excluding hydrogens is 222 g/mol. The first-order chi connectivity index (χ1) is 8.60. The summed E-state index contributed by atoms with van der Waals surface area (Å²) in [6.45, 7) is 6.50. The molecule has 1 aromatic carbocycles. The van der Waals surface area contributed by atoms with Crippen LogP contribution >= 0.6 is 0 Å². The molecule has 0 fully saturated rings. The zero-order valence-electron chi connectivity index (χ0n) is 12.3. The average Bonchev–Trinajstić information content (AvgIpc) is 2.35. The van der Waals surface area contributed by atoms with Gasteiger partial charge in [0.05, 0.1) is 7.11 Å². The van der Waals surface area contributed by atoms with Crippen molar-refractivity contribution in [3.63, 3.8) is 0 Å². The number of methoxy groups -OCH3 is 1. The van der Waals surface area contributed by atoms with E-state index in [1.165, 1.54) is 29.5 Å². The van der Waals surface area contributed by atoms with Crippen molar-refractivity contribution in [2.75, 3.05) is 7.11 Å². The Kier molecular flexibility index (Phi) is 6.20. The normalized spacial score (nSPS) is 12.5. The fourth-order valence-electron chi connectivity index (χ4n) is 2.41.